The maximum atomic E-state index is 14.1. The molecule has 0 saturated carbocycles. The predicted octanol–water partition coefficient (Wildman–Crippen LogP) is 4.19. The Hall–Kier alpha value is -4.53. The second-order valence-electron chi connectivity index (χ2n) is 8.84. The van der Waals surface area contributed by atoms with Crippen molar-refractivity contribution in [3.05, 3.63) is 108 Å². The van der Waals surface area contributed by atoms with Gasteiger partial charge in [0.1, 0.15) is 18.2 Å². The fraction of sp³-hybridized carbons (Fsp3) is 0.207. The largest absolute Gasteiger partial charge is 0.368 e. The van der Waals surface area contributed by atoms with E-state index in [0.717, 1.165) is 5.69 Å². The van der Waals surface area contributed by atoms with Crippen molar-refractivity contribution in [3.63, 3.8) is 0 Å². The van der Waals surface area contributed by atoms with E-state index in [0.29, 0.717) is 37.4 Å². The van der Waals surface area contributed by atoms with Crippen molar-refractivity contribution in [1.82, 2.24) is 9.80 Å². The SMILES string of the molecule is C=CCN(CC(=O)Nc1ccc(N2CCN(C(=O)c3cccc(F)c3)CC2)cc1)C(=O)c1ccccc1F. The fourth-order valence-corrected chi connectivity index (χ4v) is 4.28. The van der Waals surface area contributed by atoms with Gasteiger partial charge >= 0.3 is 0 Å². The summed E-state index contributed by atoms with van der Waals surface area (Å²) in [6, 6.07) is 18.6. The van der Waals surface area contributed by atoms with Crippen molar-refractivity contribution >= 4 is 29.1 Å². The highest BCUT2D eigenvalue weighted by molar-refractivity contribution is 5.99. The van der Waals surface area contributed by atoms with Gasteiger partial charge < -0.3 is 20.0 Å². The van der Waals surface area contributed by atoms with Crippen molar-refractivity contribution in [2.45, 2.75) is 0 Å². The summed E-state index contributed by atoms with van der Waals surface area (Å²) in [4.78, 5) is 43.1. The molecular formula is C29H28F2N4O3. The Bertz CT molecular complexity index is 1320. The molecule has 9 heteroatoms. The number of anilines is 2. The van der Waals surface area contributed by atoms with Crippen LogP contribution in [0.15, 0.2) is 85.5 Å². The average molecular weight is 519 g/mol. The van der Waals surface area contributed by atoms with E-state index >= 15 is 0 Å². The predicted molar refractivity (Wildman–Crippen MR) is 142 cm³/mol. The van der Waals surface area contributed by atoms with E-state index in [1.807, 2.05) is 12.1 Å². The summed E-state index contributed by atoms with van der Waals surface area (Å²) in [6.07, 6.45) is 1.48. The van der Waals surface area contributed by atoms with Crippen LogP contribution in [0.3, 0.4) is 0 Å². The quantitative estimate of drug-likeness (QED) is 0.454. The van der Waals surface area contributed by atoms with Crippen LogP contribution in [0.1, 0.15) is 20.7 Å². The van der Waals surface area contributed by atoms with Crippen LogP contribution in [0.2, 0.25) is 0 Å². The summed E-state index contributed by atoms with van der Waals surface area (Å²) >= 11 is 0. The number of piperazine rings is 1. The molecule has 1 aliphatic rings. The highest BCUT2D eigenvalue weighted by Crippen LogP contribution is 2.21. The highest BCUT2D eigenvalue weighted by atomic mass is 19.1. The molecule has 0 radical (unpaired) electrons. The lowest BCUT2D eigenvalue weighted by atomic mass is 10.1. The smallest absolute Gasteiger partial charge is 0.257 e. The Balaban J connectivity index is 1.31. The monoisotopic (exact) mass is 518 g/mol. The number of halogens is 2. The standard InChI is InChI=1S/C29H28F2N4O3/c1-2-14-35(29(38)25-8-3-4-9-26(25)31)20-27(36)32-23-10-12-24(13-11-23)33-15-17-34(18-16-33)28(37)21-6-5-7-22(30)19-21/h2-13,19H,1,14-18,20H2,(H,32,36). The van der Waals surface area contributed by atoms with Gasteiger partial charge in [0.15, 0.2) is 0 Å². The zero-order valence-corrected chi connectivity index (χ0v) is 20.8. The minimum Gasteiger partial charge on any atom is -0.368 e. The van der Waals surface area contributed by atoms with Gasteiger partial charge in [-0.15, -0.1) is 6.58 Å². The lowest BCUT2D eigenvalue weighted by molar-refractivity contribution is -0.116. The van der Waals surface area contributed by atoms with Crippen LogP contribution >= 0.6 is 0 Å². The van der Waals surface area contributed by atoms with Gasteiger partial charge in [0, 0.05) is 49.7 Å². The minimum atomic E-state index is -0.651. The lowest BCUT2D eigenvalue weighted by Gasteiger charge is -2.36. The van der Waals surface area contributed by atoms with Crippen molar-refractivity contribution < 1.29 is 23.2 Å². The van der Waals surface area contributed by atoms with Crippen LogP contribution < -0.4 is 10.2 Å². The van der Waals surface area contributed by atoms with Crippen LogP contribution in [-0.4, -0.2) is 66.8 Å². The zero-order chi connectivity index (χ0) is 27.1. The Morgan fingerprint density at radius 2 is 1.63 bits per heavy atom. The molecule has 3 aromatic rings. The number of carbonyl (C=O) groups is 3. The molecule has 1 saturated heterocycles. The van der Waals surface area contributed by atoms with Gasteiger partial charge in [0.25, 0.3) is 11.8 Å². The van der Waals surface area contributed by atoms with E-state index in [-0.39, 0.29) is 24.6 Å². The van der Waals surface area contributed by atoms with Crippen LogP contribution in [0.4, 0.5) is 20.2 Å². The van der Waals surface area contributed by atoms with E-state index in [1.165, 1.54) is 47.4 Å². The van der Waals surface area contributed by atoms with Crippen molar-refractivity contribution in [2.75, 3.05) is 49.5 Å². The molecule has 4 rings (SSSR count). The molecule has 196 valence electrons. The van der Waals surface area contributed by atoms with Crippen LogP contribution in [0.5, 0.6) is 0 Å². The molecule has 0 spiro atoms. The molecule has 0 aliphatic carbocycles. The Kier molecular flexibility index (Phi) is 8.47. The Morgan fingerprint density at radius 3 is 2.29 bits per heavy atom. The van der Waals surface area contributed by atoms with Gasteiger partial charge in [-0.05, 0) is 54.6 Å². The summed E-state index contributed by atoms with van der Waals surface area (Å²) in [5, 5.41) is 2.76. The van der Waals surface area contributed by atoms with Gasteiger partial charge in [-0.2, -0.15) is 0 Å². The molecule has 1 fully saturated rings. The molecule has 1 N–H and O–H groups in total. The number of rotatable bonds is 8. The first kappa shape index (κ1) is 26.5. The van der Waals surface area contributed by atoms with Crippen LogP contribution in [0, 0.1) is 11.6 Å². The number of amides is 3. The topological polar surface area (TPSA) is 73.0 Å². The average Bonchev–Trinajstić information content (AvgIpc) is 2.93. The van der Waals surface area contributed by atoms with E-state index < -0.39 is 23.4 Å². The molecule has 38 heavy (non-hydrogen) atoms. The third-order valence-electron chi connectivity index (χ3n) is 6.23. The molecule has 0 unspecified atom stereocenters. The number of nitrogens with zero attached hydrogens (tertiary/aromatic N) is 3. The summed E-state index contributed by atoms with van der Waals surface area (Å²) < 4.78 is 27.5. The zero-order valence-electron chi connectivity index (χ0n) is 20.8. The first-order valence-electron chi connectivity index (χ1n) is 12.2. The number of benzene rings is 3. The summed E-state index contributed by atoms with van der Waals surface area (Å²) in [7, 11) is 0. The maximum Gasteiger partial charge on any atom is 0.257 e. The van der Waals surface area contributed by atoms with Crippen molar-refractivity contribution in [1.29, 1.82) is 0 Å². The molecular weight excluding hydrogens is 490 g/mol. The van der Waals surface area contributed by atoms with E-state index in [1.54, 1.807) is 29.2 Å². The molecule has 3 aromatic carbocycles. The summed E-state index contributed by atoms with van der Waals surface area (Å²) in [5.74, 6) is -2.30. The Labute approximate surface area is 220 Å². The molecule has 3 amide bonds. The molecule has 0 aromatic heterocycles. The fourth-order valence-electron chi connectivity index (χ4n) is 4.28. The van der Waals surface area contributed by atoms with E-state index in [2.05, 4.69) is 16.8 Å². The number of hydrogen-bond donors (Lipinski definition) is 1. The van der Waals surface area contributed by atoms with Crippen LogP contribution in [-0.2, 0) is 4.79 Å². The number of carbonyl (C=O) groups excluding carboxylic acids is 3. The van der Waals surface area contributed by atoms with Crippen LogP contribution in [0.25, 0.3) is 0 Å². The third-order valence-corrected chi connectivity index (χ3v) is 6.23. The summed E-state index contributed by atoms with van der Waals surface area (Å²) in [5.41, 5.74) is 1.71. The second-order valence-corrected chi connectivity index (χ2v) is 8.84. The highest BCUT2D eigenvalue weighted by Gasteiger charge is 2.23. The molecule has 1 heterocycles. The number of hydrogen-bond acceptors (Lipinski definition) is 4. The third kappa shape index (κ3) is 6.42. The van der Waals surface area contributed by atoms with Crippen molar-refractivity contribution in [2.24, 2.45) is 0 Å². The van der Waals surface area contributed by atoms with Gasteiger partial charge in [-0.25, -0.2) is 8.78 Å². The molecule has 7 nitrogen and oxygen atoms in total. The molecule has 0 atom stereocenters. The van der Waals surface area contributed by atoms with E-state index in [4.69, 9.17) is 0 Å². The Morgan fingerprint density at radius 1 is 0.921 bits per heavy atom. The molecule has 1 aliphatic heterocycles. The first-order valence-corrected chi connectivity index (χ1v) is 12.2. The van der Waals surface area contributed by atoms with Gasteiger partial charge in [0.2, 0.25) is 5.91 Å². The summed E-state index contributed by atoms with van der Waals surface area (Å²) in [6.45, 7) is 5.68. The van der Waals surface area contributed by atoms with Gasteiger partial charge in [0.05, 0.1) is 5.56 Å². The molecule has 0 bridgehead atoms. The normalized spacial score (nSPS) is 13.1. The second kappa shape index (κ2) is 12.1. The van der Waals surface area contributed by atoms with E-state index in [9.17, 15) is 23.2 Å². The lowest BCUT2D eigenvalue weighted by Crippen LogP contribution is -2.48. The first-order chi connectivity index (χ1) is 18.4. The van der Waals surface area contributed by atoms with Gasteiger partial charge in [-0.3, -0.25) is 14.4 Å². The minimum absolute atomic E-state index is 0.0905. The maximum absolute atomic E-state index is 14.1. The van der Waals surface area contributed by atoms with Crippen molar-refractivity contribution in [3.8, 4) is 0 Å². The van der Waals surface area contributed by atoms with Gasteiger partial charge in [-0.1, -0.05) is 24.3 Å². The number of nitrogens with one attached hydrogen (secondary N) is 1.